The molecule has 0 radical (unpaired) electrons. The van der Waals surface area contributed by atoms with Crippen LogP contribution in [0.3, 0.4) is 0 Å². The number of hydrogen-bond donors (Lipinski definition) is 3. The second-order valence-electron chi connectivity index (χ2n) is 4.30. The Bertz CT molecular complexity index is 655. The van der Waals surface area contributed by atoms with E-state index >= 15 is 0 Å². The van der Waals surface area contributed by atoms with E-state index in [9.17, 15) is 9.59 Å². The van der Waals surface area contributed by atoms with Gasteiger partial charge in [0, 0.05) is 25.4 Å². The summed E-state index contributed by atoms with van der Waals surface area (Å²) in [7, 11) is 1.75. The van der Waals surface area contributed by atoms with Gasteiger partial charge in [-0.1, -0.05) is 24.3 Å². The fourth-order valence-electron chi connectivity index (χ4n) is 1.90. The lowest BCUT2D eigenvalue weighted by Gasteiger charge is -2.09. The summed E-state index contributed by atoms with van der Waals surface area (Å²) in [4.78, 5) is 26.9. The molecule has 0 aliphatic carbocycles. The number of nitrogens with zero attached hydrogens (tertiary/aromatic N) is 1. The third-order valence-corrected chi connectivity index (χ3v) is 2.87. The maximum absolute atomic E-state index is 12.0. The number of benzene rings is 1. The normalized spacial score (nSPS) is 10.2. The molecule has 2 rings (SSSR count). The van der Waals surface area contributed by atoms with Gasteiger partial charge in [0.2, 0.25) is 5.91 Å². The van der Waals surface area contributed by atoms with Crippen molar-refractivity contribution in [2.24, 2.45) is 5.73 Å². The Hall–Kier alpha value is -2.63. The molecule has 0 fully saturated rings. The minimum Gasteiger partial charge on any atom is -0.373 e. The van der Waals surface area contributed by atoms with E-state index in [0.717, 1.165) is 10.8 Å². The van der Waals surface area contributed by atoms with Crippen LogP contribution in [0, 0.1) is 0 Å². The molecule has 104 valence electrons. The second-order valence-corrected chi connectivity index (χ2v) is 4.30. The second kappa shape index (κ2) is 6.01. The number of fused-ring (bicyclic) bond motifs is 1. The van der Waals surface area contributed by atoms with Crippen LogP contribution in [-0.4, -0.2) is 30.4 Å². The fraction of sp³-hybridized carbons (Fsp3) is 0.214. The summed E-state index contributed by atoms with van der Waals surface area (Å²) in [6.45, 7) is 0.206. The molecular formula is C14H16N4O2. The van der Waals surface area contributed by atoms with Crippen molar-refractivity contribution in [2.75, 3.05) is 18.9 Å². The highest BCUT2D eigenvalue weighted by Gasteiger charge is 2.11. The lowest BCUT2D eigenvalue weighted by atomic mass is 10.1. The van der Waals surface area contributed by atoms with Gasteiger partial charge in [0.05, 0.1) is 0 Å². The van der Waals surface area contributed by atoms with Gasteiger partial charge in [-0.3, -0.25) is 9.59 Å². The van der Waals surface area contributed by atoms with Crippen LogP contribution in [0.1, 0.15) is 16.9 Å². The number of hydrogen-bond acceptors (Lipinski definition) is 4. The van der Waals surface area contributed by atoms with Crippen molar-refractivity contribution in [1.29, 1.82) is 0 Å². The van der Waals surface area contributed by atoms with Crippen molar-refractivity contribution in [3.8, 4) is 0 Å². The van der Waals surface area contributed by atoms with Gasteiger partial charge < -0.3 is 16.4 Å². The number of nitrogens with one attached hydrogen (secondary N) is 2. The van der Waals surface area contributed by atoms with Gasteiger partial charge in [0.25, 0.3) is 5.91 Å². The number of amides is 2. The largest absolute Gasteiger partial charge is 0.373 e. The lowest BCUT2D eigenvalue weighted by molar-refractivity contribution is -0.117. The van der Waals surface area contributed by atoms with E-state index in [1.807, 2.05) is 24.3 Å². The van der Waals surface area contributed by atoms with Crippen molar-refractivity contribution in [2.45, 2.75) is 6.42 Å². The van der Waals surface area contributed by atoms with Crippen molar-refractivity contribution >= 4 is 28.4 Å². The molecule has 0 bridgehead atoms. The maximum Gasteiger partial charge on any atom is 0.270 e. The van der Waals surface area contributed by atoms with E-state index in [1.165, 1.54) is 0 Å². The molecular weight excluding hydrogens is 256 g/mol. The molecule has 0 saturated carbocycles. The van der Waals surface area contributed by atoms with Crippen molar-refractivity contribution < 1.29 is 9.59 Å². The van der Waals surface area contributed by atoms with E-state index in [4.69, 9.17) is 5.73 Å². The van der Waals surface area contributed by atoms with Gasteiger partial charge in [-0.15, -0.1) is 0 Å². The summed E-state index contributed by atoms with van der Waals surface area (Å²) < 4.78 is 0. The topological polar surface area (TPSA) is 97.1 Å². The van der Waals surface area contributed by atoms with Crippen LogP contribution in [0.5, 0.6) is 0 Å². The van der Waals surface area contributed by atoms with Crippen LogP contribution in [0.25, 0.3) is 10.8 Å². The van der Waals surface area contributed by atoms with E-state index in [2.05, 4.69) is 15.6 Å². The Morgan fingerprint density at radius 1 is 1.30 bits per heavy atom. The summed E-state index contributed by atoms with van der Waals surface area (Å²) in [6, 6.07) is 9.38. The number of pyridine rings is 1. The van der Waals surface area contributed by atoms with Gasteiger partial charge in [-0.25, -0.2) is 4.98 Å². The van der Waals surface area contributed by atoms with Crippen LogP contribution in [0.4, 0.5) is 5.82 Å². The Balaban J connectivity index is 2.25. The van der Waals surface area contributed by atoms with Crippen LogP contribution >= 0.6 is 0 Å². The third-order valence-electron chi connectivity index (χ3n) is 2.87. The molecule has 0 aliphatic heterocycles. The number of primary amides is 1. The van der Waals surface area contributed by atoms with Gasteiger partial charge in [-0.2, -0.15) is 0 Å². The van der Waals surface area contributed by atoms with Gasteiger partial charge in [-0.05, 0) is 11.5 Å². The first kappa shape index (κ1) is 13.8. The predicted molar refractivity (Wildman–Crippen MR) is 77.4 cm³/mol. The fourth-order valence-corrected chi connectivity index (χ4v) is 1.90. The molecule has 0 unspecified atom stereocenters. The Morgan fingerprint density at radius 2 is 2.05 bits per heavy atom. The Labute approximate surface area is 116 Å². The quantitative estimate of drug-likeness (QED) is 0.752. The van der Waals surface area contributed by atoms with Gasteiger partial charge in [0.15, 0.2) is 0 Å². The standard InChI is InChI=1S/C14H16N4O2/c1-16-13-10-5-3-2-4-9(10)8-11(18-13)14(20)17-7-6-12(15)19/h2-5,8H,6-7H2,1H3,(H2,15,19)(H,16,18)(H,17,20). The maximum atomic E-state index is 12.0. The Kier molecular flexibility index (Phi) is 4.14. The van der Waals surface area contributed by atoms with Crippen LogP contribution < -0.4 is 16.4 Å². The average Bonchev–Trinajstić information content (AvgIpc) is 2.45. The SMILES string of the molecule is CNc1nc(C(=O)NCCC(N)=O)cc2ccccc12. The molecule has 1 aromatic heterocycles. The van der Waals surface area contributed by atoms with E-state index in [0.29, 0.717) is 11.5 Å². The van der Waals surface area contributed by atoms with Crippen molar-refractivity contribution in [3.05, 3.63) is 36.0 Å². The van der Waals surface area contributed by atoms with E-state index in [1.54, 1.807) is 13.1 Å². The highest BCUT2D eigenvalue weighted by molar-refractivity contribution is 6.00. The number of carbonyl (C=O) groups excluding carboxylic acids is 2. The third kappa shape index (κ3) is 3.03. The zero-order valence-electron chi connectivity index (χ0n) is 11.1. The van der Waals surface area contributed by atoms with Crippen molar-refractivity contribution in [3.63, 3.8) is 0 Å². The highest BCUT2D eigenvalue weighted by Crippen LogP contribution is 2.21. The summed E-state index contributed by atoms with van der Waals surface area (Å²) in [6.07, 6.45) is 0.109. The lowest BCUT2D eigenvalue weighted by Crippen LogP contribution is -2.28. The monoisotopic (exact) mass is 272 g/mol. The highest BCUT2D eigenvalue weighted by atomic mass is 16.2. The number of rotatable bonds is 5. The predicted octanol–water partition coefficient (Wildman–Crippen LogP) is 0.882. The first-order chi connectivity index (χ1) is 9.61. The van der Waals surface area contributed by atoms with E-state index in [-0.39, 0.29) is 18.9 Å². The zero-order chi connectivity index (χ0) is 14.5. The number of nitrogens with two attached hydrogens (primary N) is 1. The van der Waals surface area contributed by atoms with Gasteiger partial charge >= 0.3 is 0 Å². The first-order valence-electron chi connectivity index (χ1n) is 6.26. The molecule has 1 heterocycles. The van der Waals surface area contributed by atoms with E-state index < -0.39 is 5.91 Å². The molecule has 4 N–H and O–H groups in total. The van der Waals surface area contributed by atoms with Crippen LogP contribution in [0.15, 0.2) is 30.3 Å². The summed E-state index contributed by atoms with van der Waals surface area (Å²) in [5.41, 5.74) is 5.32. The molecule has 0 aliphatic rings. The molecule has 6 nitrogen and oxygen atoms in total. The van der Waals surface area contributed by atoms with Crippen molar-refractivity contribution in [1.82, 2.24) is 10.3 Å². The molecule has 2 aromatic rings. The Morgan fingerprint density at radius 3 is 2.75 bits per heavy atom. The summed E-state index contributed by atoms with van der Waals surface area (Å²) in [5, 5.41) is 7.46. The summed E-state index contributed by atoms with van der Waals surface area (Å²) in [5.74, 6) is -0.135. The summed E-state index contributed by atoms with van der Waals surface area (Å²) >= 11 is 0. The zero-order valence-corrected chi connectivity index (χ0v) is 11.1. The van der Waals surface area contributed by atoms with Gasteiger partial charge in [0.1, 0.15) is 11.5 Å². The van der Waals surface area contributed by atoms with Crippen LogP contribution in [-0.2, 0) is 4.79 Å². The molecule has 1 aromatic carbocycles. The average molecular weight is 272 g/mol. The number of aromatic nitrogens is 1. The number of carbonyl (C=O) groups is 2. The molecule has 0 spiro atoms. The smallest absolute Gasteiger partial charge is 0.270 e. The molecule has 20 heavy (non-hydrogen) atoms. The molecule has 0 saturated heterocycles. The van der Waals surface area contributed by atoms with Crippen LogP contribution in [0.2, 0.25) is 0 Å². The molecule has 6 heteroatoms. The first-order valence-corrected chi connectivity index (χ1v) is 6.26. The minimum absolute atomic E-state index is 0.109. The number of anilines is 1. The molecule has 2 amide bonds. The minimum atomic E-state index is -0.451. The molecule has 0 atom stereocenters.